The Balaban J connectivity index is 1.79. The second-order valence-electron chi connectivity index (χ2n) is 8.38. The summed E-state index contributed by atoms with van der Waals surface area (Å²) in [5.74, 6) is -0.255. The van der Waals surface area contributed by atoms with Gasteiger partial charge in [-0.3, -0.25) is 9.59 Å². The van der Waals surface area contributed by atoms with Crippen LogP contribution in [-0.2, 0) is 15.0 Å². The molecule has 3 aromatic carbocycles. The number of hydrogen-bond donors (Lipinski definition) is 1. The van der Waals surface area contributed by atoms with E-state index in [1.54, 1.807) is 42.5 Å². The highest BCUT2D eigenvalue weighted by Gasteiger charge is 2.54. The number of nitrogens with one attached hydrogen (secondary N) is 1. The molecule has 0 saturated carbocycles. The number of allylic oxidation sites excluding steroid dienone is 1. The summed E-state index contributed by atoms with van der Waals surface area (Å²) in [5, 5.41) is 4.54. The lowest BCUT2D eigenvalue weighted by Crippen LogP contribution is -2.43. The fraction of sp³-hybridized carbons (Fsp3) is 0.185. The maximum atomic E-state index is 13.7. The third-order valence-electron chi connectivity index (χ3n) is 6.45. The van der Waals surface area contributed by atoms with E-state index in [1.165, 1.54) is 0 Å². The number of anilines is 1. The van der Waals surface area contributed by atoms with Crippen molar-refractivity contribution in [3.8, 4) is 5.75 Å². The number of ketones is 1. The van der Waals surface area contributed by atoms with Crippen molar-refractivity contribution in [3.05, 3.63) is 98.5 Å². The molecule has 0 radical (unpaired) electrons. The van der Waals surface area contributed by atoms with Gasteiger partial charge in [0.2, 0.25) is 5.91 Å². The number of rotatable bonds is 4. The van der Waals surface area contributed by atoms with E-state index in [4.69, 9.17) is 39.5 Å². The minimum Gasteiger partial charge on any atom is -0.493 e. The average Bonchev–Trinajstić information content (AvgIpc) is 3.06. The van der Waals surface area contributed by atoms with Gasteiger partial charge in [0.25, 0.3) is 0 Å². The van der Waals surface area contributed by atoms with Crippen LogP contribution in [0.3, 0.4) is 0 Å². The smallest absolute Gasteiger partial charge is 0.239 e. The van der Waals surface area contributed by atoms with E-state index in [0.717, 1.165) is 11.1 Å². The second kappa shape index (κ2) is 8.77. The zero-order valence-corrected chi connectivity index (χ0v) is 20.5. The molecule has 0 aromatic heterocycles. The van der Waals surface area contributed by atoms with Gasteiger partial charge < -0.3 is 10.1 Å². The van der Waals surface area contributed by atoms with Crippen LogP contribution in [0.4, 0.5) is 5.69 Å². The van der Waals surface area contributed by atoms with E-state index in [1.807, 2.05) is 31.2 Å². The van der Waals surface area contributed by atoms with Crippen LogP contribution in [0.5, 0.6) is 5.75 Å². The Kier molecular flexibility index (Phi) is 5.93. The van der Waals surface area contributed by atoms with Gasteiger partial charge >= 0.3 is 0 Å². The first-order chi connectivity index (χ1) is 16.3. The molecule has 4 nitrogen and oxygen atoms in total. The predicted octanol–water partition coefficient (Wildman–Crippen LogP) is 7.08. The van der Waals surface area contributed by atoms with Crippen LogP contribution in [0.15, 0.2) is 66.7 Å². The molecule has 0 bridgehead atoms. The number of carbonyl (C=O) groups is 2. The summed E-state index contributed by atoms with van der Waals surface area (Å²) in [7, 11) is 0. The van der Waals surface area contributed by atoms with Crippen molar-refractivity contribution >= 4 is 57.8 Å². The van der Waals surface area contributed by atoms with E-state index < -0.39 is 11.3 Å². The molecule has 172 valence electrons. The van der Waals surface area contributed by atoms with Crippen molar-refractivity contribution < 1.29 is 14.3 Å². The number of halogens is 3. The van der Waals surface area contributed by atoms with Gasteiger partial charge in [-0.05, 0) is 60.5 Å². The topological polar surface area (TPSA) is 55.4 Å². The van der Waals surface area contributed by atoms with E-state index in [2.05, 4.69) is 5.32 Å². The summed E-state index contributed by atoms with van der Waals surface area (Å²) in [6.07, 6.45) is 1.90. The maximum Gasteiger partial charge on any atom is 0.239 e. The van der Waals surface area contributed by atoms with Crippen LogP contribution >= 0.6 is 34.8 Å². The highest BCUT2D eigenvalue weighted by Crippen LogP contribution is 2.54. The number of ether oxygens (including phenoxy) is 1. The van der Waals surface area contributed by atoms with Gasteiger partial charge in [0, 0.05) is 44.2 Å². The van der Waals surface area contributed by atoms with Crippen LogP contribution in [0.2, 0.25) is 15.1 Å². The Morgan fingerprint density at radius 2 is 1.71 bits per heavy atom. The molecule has 34 heavy (non-hydrogen) atoms. The Labute approximate surface area is 212 Å². The standard InChI is InChI=1S/C27H20Cl3NO3/c1-2-34-25-12-18(30)6-8-19(25)20-14-27(21-9-7-17(29)11-23(21)31-26(27)33)22(13-24(20)32)15-4-3-5-16(28)10-15/h3-12,14,22H,2,13H2,1H3,(H,31,33)/t22-,27-/m0/s1. The van der Waals surface area contributed by atoms with Crippen LogP contribution < -0.4 is 10.1 Å². The molecule has 3 aromatic rings. The zero-order chi connectivity index (χ0) is 24.0. The van der Waals surface area contributed by atoms with Gasteiger partial charge in [-0.1, -0.05) is 59.1 Å². The van der Waals surface area contributed by atoms with Crippen molar-refractivity contribution in [2.75, 3.05) is 11.9 Å². The van der Waals surface area contributed by atoms with Crippen LogP contribution in [0.25, 0.3) is 5.57 Å². The predicted molar refractivity (Wildman–Crippen MR) is 136 cm³/mol. The molecular weight excluding hydrogens is 493 g/mol. The first kappa shape index (κ1) is 23.0. The van der Waals surface area contributed by atoms with Gasteiger partial charge in [-0.2, -0.15) is 0 Å². The summed E-state index contributed by atoms with van der Waals surface area (Å²) >= 11 is 18.7. The van der Waals surface area contributed by atoms with Gasteiger partial charge in [0.05, 0.1) is 6.61 Å². The first-order valence-electron chi connectivity index (χ1n) is 10.9. The van der Waals surface area contributed by atoms with E-state index in [9.17, 15) is 9.59 Å². The van der Waals surface area contributed by atoms with Crippen molar-refractivity contribution in [1.82, 2.24) is 0 Å². The molecule has 2 aliphatic rings. The number of amides is 1. The monoisotopic (exact) mass is 511 g/mol. The number of Topliss-reactive ketones (excluding diaryl/α,β-unsaturated/α-hetero) is 1. The molecule has 1 N–H and O–H groups in total. The molecule has 1 heterocycles. The minimum absolute atomic E-state index is 0.0888. The van der Waals surface area contributed by atoms with E-state index in [0.29, 0.717) is 44.2 Å². The Morgan fingerprint density at radius 1 is 0.971 bits per heavy atom. The summed E-state index contributed by atoms with van der Waals surface area (Å²) in [6, 6.07) is 17.8. The molecule has 1 spiro atoms. The molecule has 1 aliphatic carbocycles. The van der Waals surface area contributed by atoms with Crippen molar-refractivity contribution in [1.29, 1.82) is 0 Å². The normalized spacial score (nSPS) is 21.3. The number of hydrogen-bond acceptors (Lipinski definition) is 3. The summed E-state index contributed by atoms with van der Waals surface area (Å²) in [5.41, 5.74) is 2.12. The molecule has 5 rings (SSSR count). The molecular formula is C27H20Cl3NO3. The summed E-state index contributed by atoms with van der Waals surface area (Å²) in [4.78, 5) is 27.3. The SMILES string of the molecule is CCOc1cc(Cl)ccc1C1=C[C@@]2(C(=O)Nc3cc(Cl)ccc32)[C@H](c2cccc(Cl)c2)CC1=O. The fourth-order valence-corrected chi connectivity index (χ4v) is 5.54. The van der Waals surface area contributed by atoms with Gasteiger partial charge in [0.1, 0.15) is 11.2 Å². The maximum absolute atomic E-state index is 13.7. The van der Waals surface area contributed by atoms with Crippen molar-refractivity contribution in [2.45, 2.75) is 24.7 Å². The Morgan fingerprint density at radius 3 is 2.47 bits per heavy atom. The highest BCUT2D eigenvalue weighted by atomic mass is 35.5. The summed E-state index contributed by atoms with van der Waals surface area (Å²) in [6.45, 7) is 2.27. The van der Waals surface area contributed by atoms with Gasteiger partial charge in [-0.25, -0.2) is 0 Å². The fourth-order valence-electron chi connectivity index (χ4n) is 5.01. The van der Waals surface area contributed by atoms with Crippen molar-refractivity contribution in [2.24, 2.45) is 0 Å². The summed E-state index contributed by atoms with van der Waals surface area (Å²) < 4.78 is 5.80. The number of fused-ring (bicyclic) bond motifs is 2. The second-order valence-corrected chi connectivity index (χ2v) is 9.69. The quantitative estimate of drug-likeness (QED) is 0.406. The van der Waals surface area contributed by atoms with Gasteiger partial charge in [0.15, 0.2) is 5.78 Å². The number of carbonyl (C=O) groups excluding carboxylic acids is 2. The van der Waals surface area contributed by atoms with Gasteiger partial charge in [-0.15, -0.1) is 0 Å². The van der Waals surface area contributed by atoms with Crippen LogP contribution in [-0.4, -0.2) is 18.3 Å². The van der Waals surface area contributed by atoms with E-state index in [-0.39, 0.29) is 18.1 Å². The largest absolute Gasteiger partial charge is 0.493 e. The molecule has 0 unspecified atom stereocenters. The molecule has 1 aliphatic heterocycles. The lowest BCUT2D eigenvalue weighted by molar-refractivity contribution is -0.121. The lowest BCUT2D eigenvalue weighted by Gasteiger charge is -2.38. The molecule has 0 saturated heterocycles. The number of benzene rings is 3. The third-order valence-corrected chi connectivity index (χ3v) is 7.15. The van der Waals surface area contributed by atoms with Crippen LogP contribution in [0, 0.1) is 0 Å². The first-order valence-corrected chi connectivity index (χ1v) is 12.0. The highest BCUT2D eigenvalue weighted by molar-refractivity contribution is 6.32. The van der Waals surface area contributed by atoms with E-state index >= 15 is 0 Å². The molecule has 1 amide bonds. The Bertz CT molecular complexity index is 1370. The minimum atomic E-state index is -1.13. The lowest BCUT2D eigenvalue weighted by atomic mass is 9.61. The molecule has 0 fully saturated rings. The third kappa shape index (κ3) is 3.70. The average molecular weight is 513 g/mol. The zero-order valence-electron chi connectivity index (χ0n) is 18.2. The Hall–Kier alpha value is -2.79. The molecule has 2 atom stereocenters. The van der Waals surface area contributed by atoms with Crippen molar-refractivity contribution in [3.63, 3.8) is 0 Å². The molecule has 7 heteroatoms. The van der Waals surface area contributed by atoms with Crippen LogP contribution in [0.1, 0.15) is 36.0 Å².